The predicted octanol–water partition coefficient (Wildman–Crippen LogP) is 2.95. The maximum absolute atomic E-state index is 10.6. The van der Waals surface area contributed by atoms with Crippen LogP contribution in [-0.2, 0) is 6.54 Å². The van der Waals surface area contributed by atoms with Gasteiger partial charge in [0.2, 0.25) is 0 Å². The Hall–Kier alpha value is -0.740. The van der Waals surface area contributed by atoms with Crippen molar-refractivity contribution < 1.29 is 9.53 Å². The summed E-state index contributed by atoms with van der Waals surface area (Å²) in [5.74, 6) is 0.626. The van der Waals surface area contributed by atoms with Crippen molar-refractivity contribution in [3.63, 3.8) is 0 Å². The summed E-state index contributed by atoms with van der Waals surface area (Å²) in [4.78, 5) is 10.3. The van der Waals surface area contributed by atoms with E-state index in [1.54, 1.807) is 19.2 Å². The van der Waals surface area contributed by atoms with Gasteiger partial charge in [-0.1, -0.05) is 17.7 Å². The van der Waals surface area contributed by atoms with Gasteiger partial charge in [-0.05, 0) is 17.7 Å². The molecule has 0 aliphatic rings. The van der Waals surface area contributed by atoms with Gasteiger partial charge in [0.15, 0.2) is 0 Å². The highest BCUT2D eigenvalue weighted by Crippen LogP contribution is 2.24. The summed E-state index contributed by atoms with van der Waals surface area (Å²) >= 11 is 8.67. The largest absolute Gasteiger partial charge is 0.495 e. The number of ether oxygens (including phenoxy) is 1. The van der Waals surface area contributed by atoms with E-state index < -0.39 is 0 Å². The molecule has 0 saturated carbocycles. The fourth-order valence-electron chi connectivity index (χ4n) is 0.991. The number of amides is 1. The molecule has 1 amide bonds. The Kier molecular flexibility index (Phi) is 4.22. The molecule has 0 heterocycles. The highest BCUT2D eigenvalue weighted by atomic mass is 79.9. The molecule has 1 aromatic carbocycles. The lowest BCUT2D eigenvalue weighted by Crippen LogP contribution is -2.14. The van der Waals surface area contributed by atoms with E-state index in [2.05, 4.69) is 21.2 Å². The van der Waals surface area contributed by atoms with E-state index in [9.17, 15) is 4.79 Å². The fraction of sp³-hybridized carbons (Fsp3) is 0.222. The number of hydrogen-bond donors (Lipinski definition) is 1. The van der Waals surface area contributed by atoms with Crippen LogP contribution in [0.15, 0.2) is 18.2 Å². The second kappa shape index (κ2) is 5.22. The molecular weight excluding hydrogens is 269 g/mol. The second-order valence-electron chi connectivity index (χ2n) is 2.60. The zero-order valence-electron chi connectivity index (χ0n) is 7.51. The first kappa shape index (κ1) is 11.3. The number of nitrogens with one attached hydrogen (secondary N) is 1. The Morgan fingerprint density at radius 2 is 2.36 bits per heavy atom. The smallest absolute Gasteiger partial charge is 0.287 e. The number of halogens is 2. The molecule has 0 bridgehead atoms. The molecule has 1 N–H and O–H groups in total. The number of benzene rings is 1. The molecule has 0 aliphatic heterocycles. The van der Waals surface area contributed by atoms with E-state index in [1.807, 2.05) is 6.07 Å². The van der Waals surface area contributed by atoms with Crippen molar-refractivity contribution in [2.75, 3.05) is 7.11 Å². The van der Waals surface area contributed by atoms with Gasteiger partial charge in [-0.15, -0.1) is 0 Å². The third-order valence-electron chi connectivity index (χ3n) is 1.65. The molecule has 1 rings (SSSR count). The summed E-state index contributed by atoms with van der Waals surface area (Å²) in [7, 11) is 1.56. The van der Waals surface area contributed by atoms with Gasteiger partial charge in [0.1, 0.15) is 5.75 Å². The van der Waals surface area contributed by atoms with Crippen LogP contribution >= 0.6 is 27.5 Å². The van der Waals surface area contributed by atoms with Crippen LogP contribution in [0.5, 0.6) is 5.75 Å². The molecular formula is C9H9BrClNO2. The van der Waals surface area contributed by atoms with E-state index in [0.29, 0.717) is 17.3 Å². The van der Waals surface area contributed by atoms with E-state index >= 15 is 0 Å². The fourth-order valence-corrected chi connectivity index (χ4v) is 1.41. The standard InChI is InChI=1S/C9H9BrClNO2/c1-14-8-3-2-6(4-7(8)11)5-12-9(10)13/h2-4H,5H2,1H3,(H,12,13). The van der Waals surface area contributed by atoms with Crippen LogP contribution < -0.4 is 10.1 Å². The Morgan fingerprint density at radius 1 is 1.64 bits per heavy atom. The van der Waals surface area contributed by atoms with Crippen LogP contribution in [0, 0.1) is 0 Å². The minimum atomic E-state index is -0.246. The second-order valence-corrected chi connectivity index (χ2v) is 3.72. The van der Waals surface area contributed by atoms with Crippen molar-refractivity contribution >= 4 is 32.3 Å². The van der Waals surface area contributed by atoms with Crippen molar-refractivity contribution in [2.24, 2.45) is 0 Å². The molecule has 0 saturated heterocycles. The maximum atomic E-state index is 10.6. The highest BCUT2D eigenvalue weighted by molar-refractivity contribution is 9.18. The number of carbonyl (C=O) groups is 1. The Labute approximate surface area is 95.5 Å². The molecule has 0 aromatic heterocycles. The minimum absolute atomic E-state index is 0.246. The first-order valence-electron chi connectivity index (χ1n) is 3.89. The molecule has 0 fully saturated rings. The van der Waals surface area contributed by atoms with Crippen LogP contribution in [0.25, 0.3) is 0 Å². The van der Waals surface area contributed by atoms with Crippen LogP contribution in [0.1, 0.15) is 5.56 Å². The van der Waals surface area contributed by atoms with Gasteiger partial charge >= 0.3 is 0 Å². The summed E-state index contributed by atoms with van der Waals surface area (Å²) in [6, 6.07) is 5.36. The topological polar surface area (TPSA) is 38.3 Å². The zero-order valence-corrected chi connectivity index (χ0v) is 9.85. The van der Waals surface area contributed by atoms with Gasteiger partial charge in [-0.25, -0.2) is 0 Å². The number of hydrogen-bond acceptors (Lipinski definition) is 2. The third kappa shape index (κ3) is 3.20. The van der Waals surface area contributed by atoms with Gasteiger partial charge in [0.25, 0.3) is 4.82 Å². The van der Waals surface area contributed by atoms with Crippen LogP contribution in [-0.4, -0.2) is 11.9 Å². The lowest BCUT2D eigenvalue weighted by molar-refractivity contribution is 0.261. The lowest BCUT2D eigenvalue weighted by Gasteiger charge is -2.05. The van der Waals surface area contributed by atoms with Gasteiger partial charge in [-0.2, -0.15) is 0 Å². The molecule has 76 valence electrons. The van der Waals surface area contributed by atoms with Crippen molar-refractivity contribution in [1.82, 2.24) is 5.32 Å². The number of rotatable bonds is 3. The quantitative estimate of drug-likeness (QED) is 0.682. The van der Waals surface area contributed by atoms with Crippen LogP contribution in [0.2, 0.25) is 5.02 Å². The molecule has 1 aromatic rings. The lowest BCUT2D eigenvalue weighted by atomic mass is 10.2. The summed E-state index contributed by atoms with van der Waals surface area (Å²) < 4.78 is 5.00. The van der Waals surface area contributed by atoms with Gasteiger partial charge in [-0.3, -0.25) is 4.79 Å². The summed E-state index contributed by atoms with van der Waals surface area (Å²) in [6.45, 7) is 0.438. The molecule has 0 unspecified atom stereocenters. The summed E-state index contributed by atoms with van der Waals surface area (Å²) in [5, 5.41) is 3.14. The normalized spacial score (nSPS) is 9.64. The van der Waals surface area contributed by atoms with Crippen LogP contribution in [0.3, 0.4) is 0 Å². The van der Waals surface area contributed by atoms with Crippen molar-refractivity contribution in [1.29, 1.82) is 0 Å². The first-order valence-corrected chi connectivity index (χ1v) is 5.06. The van der Waals surface area contributed by atoms with E-state index in [-0.39, 0.29) is 4.82 Å². The number of methoxy groups -OCH3 is 1. The van der Waals surface area contributed by atoms with Crippen molar-refractivity contribution in [3.8, 4) is 5.75 Å². The van der Waals surface area contributed by atoms with E-state index in [0.717, 1.165) is 5.56 Å². The van der Waals surface area contributed by atoms with Gasteiger partial charge in [0.05, 0.1) is 12.1 Å². The first-order chi connectivity index (χ1) is 6.63. The number of carbonyl (C=O) groups excluding carboxylic acids is 1. The molecule has 0 radical (unpaired) electrons. The van der Waals surface area contributed by atoms with Gasteiger partial charge < -0.3 is 10.1 Å². The summed E-state index contributed by atoms with van der Waals surface area (Å²) in [6.07, 6.45) is 0. The predicted molar refractivity (Wildman–Crippen MR) is 59.2 cm³/mol. The van der Waals surface area contributed by atoms with Gasteiger partial charge in [0, 0.05) is 22.5 Å². The average Bonchev–Trinajstić information content (AvgIpc) is 2.15. The molecule has 0 spiro atoms. The summed E-state index contributed by atoms with van der Waals surface area (Å²) in [5.41, 5.74) is 0.920. The molecule has 14 heavy (non-hydrogen) atoms. The molecule has 5 heteroatoms. The van der Waals surface area contributed by atoms with E-state index in [4.69, 9.17) is 16.3 Å². The Morgan fingerprint density at radius 3 is 2.86 bits per heavy atom. The SMILES string of the molecule is COc1ccc(CNC(=O)Br)cc1Cl. The minimum Gasteiger partial charge on any atom is -0.495 e. The van der Waals surface area contributed by atoms with Crippen molar-refractivity contribution in [3.05, 3.63) is 28.8 Å². The molecule has 0 atom stereocenters. The highest BCUT2D eigenvalue weighted by Gasteiger charge is 2.02. The van der Waals surface area contributed by atoms with Crippen molar-refractivity contribution in [2.45, 2.75) is 6.54 Å². The van der Waals surface area contributed by atoms with E-state index in [1.165, 1.54) is 0 Å². The maximum Gasteiger partial charge on any atom is 0.287 e. The molecule has 3 nitrogen and oxygen atoms in total. The Balaban J connectivity index is 2.71. The zero-order chi connectivity index (χ0) is 10.6. The molecule has 0 aliphatic carbocycles. The third-order valence-corrected chi connectivity index (χ3v) is 2.22. The Bertz CT molecular complexity index is 344. The monoisotopic (exact) mass is 277 g/mol. The average molecular weight is 279 g/mol. The van der Waals surface area contributed by atoms with Crippen LogP contribution in [0.4, 0.5) is 4.79 Å².